The molecule has 1 aliphatic rings. The molecule has 0 amide bonds. The second-order valence-electron chi connectivity index (χ2n) is 5.27. The van der Waals surface area contributed by atoms with Crippen molar-refractivity contribution in [2.24, 2.45) is 5.92 Å². The number of hydrogen-bond acceptors (Lipinski definition) is 2. The van der Waals surface area contributed by atoms with Gasteiger partial charge in [0.15, 0.2) is 0 Å². The zero-order valence-electron chi connectivity index (χ0n) is 11.2. The van der Waals surface area contributed by atoms with Gasteiger partial charge in [-0.15, -0.1) is 0 Å². The number of anilines is 1. The molecule has 0 spiro atoms. The smallest absolute Gasteiger partial charge is 0.203 e. The molecule has 0 atom stereocenters. The van der Waals surface area contributed by atoms with E-state index in [4.69, 9.17) is 0 Å². The predicted molar refractivity (Wildman–Crippen MR) is 72.3 cm³/mol. The Kier molecular flexibility index (Phi) is 4.46. The van der Waals surface area contributed by atoms with E-state index in [2.05, 4.69) is 34.9 Å². The molecule has 0 aliphatic heterocycles. The van der Waals surface area contributed by atoms with Gasteiger partial charge < -0.3 is 9.88 Å². The fourth-order valence-corrected chi connectivity index (χ4v) is 2.18. The number of aryl methyl sites for hydroxylation is 2. The Morgan fingerprint density at radius 3 is 2.94 bits per heavy atom. The minimum absolute atomic E-state index is 1.04. The van der Waals surface area contributed by atoms with Crippen LogP contribution in [0.2, 0.25) is 0 Å². The fraction of sp³-hybridized carbons (Fsp3) is 0.786. The van der Waals surface area contributed by atoms with Crippen molar-refractivity contribution in [1.82, 2.24) is 9.55 Å². The molecule has 0 radical (unpaired) electrons. The van der Waals surface area contributed by atoms with E-state index in [1.165, 1.54) is 38.5 Å². The van der Waals surface area contributed by atoms with Gasteiger partial charge in [0.25, 0.3) is 0 Å². The lowest BCUT2D eigenvalue weighted by molar-refractivity contribution is 0.629. The van der Waals surface area contributed by atoms with Crippen LogP contribution in [0.1, 0.15) is 51.1 Å². The molecule has 1 N–H and O–H groups in total. The van der Waals surface area contributed by atoms with Crippen LogP contribution >= 0.6 is 0 Å². The third-order valence-electron chi connectivity index (χ3n) is 3.42. The van der Waals surface area contributed by atoms with Crippen LogP contribution in [0.25, 0.3) is 0 Å². The fourth-order valence-electron chi connectivity index (χ4n) is 2.18. The zero-order valence-corrected chi connectivity index (χ0v) is 11.2. The maximum absolute atomic E-state index is 4.55. The Labute approximate surface area is 105 Å². The molecule has 2 rings (SSSR count). The lowest BCUT2D eigenvalue weighted by atomic mass is 10.2. The highest BCUT2D eigenvalue weighted by Crippen LogP contribution is 2.33. The van der Waals surface area contributed by atoms with Crippen molar-refractivity contribution in [1.29, 1.82) is 0 Å². The highest BCUT2D eigenvalue weighted by atomic mass is 15.2. The minimum Gasteiger partial charge on any atom is -0.356 e. The van der Waals surface area contributed by atoms with Crippen molar-refractivity contribution in [3.8, 4) is 0 Å². The summed E-state index contributed by atoms with van der Waals surface area (Å²) in [6, 6.07) is 0. The number of imidazole rings is 1. The maximum Gasteiger partial charge on any atom is 0.203 e. The summed E-state index contributed by atoms with van der Waals surface area (Å²) in [5, 5.41) is 3.48. The molecule has 1 aromatic rings. The van der Waals surface area contributed by atoms with E-state index in [0.29, 0.717) is 0 Å². The summed E-state index contributed by atoms with van der Waals surface area (Å²) in [6.07, 6.45) is 10.2. The first-order valence-electron chi connectivity index (χ1n) is 7.07. The lowest BCUT2D eigenvalue weighted by Crippen LogP contribution is -2.09. The van der Waals surface area contributed by atoms with E-state index in [-0.39, 0.29) is 0 Å². The van der Waals surface area contributed by atoms with E-state index in [1.807, 2.05) is 0 Å². The highest BCUT2D eigenvalue weighted by molar-refractivity contribution is 5.28. The molecular weight excluding hydrogens is 210 g/mol. The van der Waals surface area contributed by atoms with E-state index in [0.717, 1.165) is 30.6 Å². The summed E-state index contributed by atoms with van der Waals surface area (Å²) in [4.78, 5) is 4.55. The van der Waals surface area contributed by atoms with E-state index >= 15 is 0 Å². The second-order valence-corrected chi connectivity index (χ2v) is 5.27. The van der Waals surface area contributed by atoms with E-state index in [9.17, 15) is 0 Å². The summed E-state index contributed by atoms with van der Waals surface area (Å²) >= 11 is 0. The molecule has 1 aliphatic carbocycles. The Bertz CT molecular complexity index is 339. The normalized spacial score (nSPS) is 15.2. The van der Waals surface area contributed by atoms with Crippen molar-refractivity contribution in [2.75, 3.05) is 11.9 Å². The van der Waals surface area contributed by atoms with Crippen LogP contribution in [0.3, 0.4) is 0 Å². The molecule has 0 bridgehead atoms. The third kappa shape index (κ3) is 4.06. The average Bonchev–Trinajstić information content (AvgIpc) is 3.06. The van der Waals surface area contributed by atoms with Crippen LogP contribution in [0.15, 0.2) is 6.20 Å². The largest absolute Gasteiger partial charge is 0.356 e. The highest BCUT2D eigenvalue weighted by Gasteiger charge is 2.20. The van der Waals surface area contributed by atoms with Crippen LogP contribution < -0.4 is 5.32 Å². The van der Waals surface area contributed by atoms with Crippen molar-refractivity contribution < 1.29 is 0 Å². The zero-order chi connectivity index (χ0) is 12.1. The minimum atomic E-state index is 1.04. The number of hydrogen-bond donors (Lipinski definition) is 1. The summed E-state index contributed by atoms with van der Waals surface area (Å²) < 4.78 is 2.26. The molecule has 1 heterocycles. The van der Waals surface area contributed by atoms with Gasteiger partial charge in [0.1, 0.15) is 0 Å². The van der Waals surface area contributed by atoms with Crippen LogP contribution in [0.5, 0.6) is 0 Å². The van der Waals surface area contributed by atoms with Crippen molar-refractivity contribution >= 4 is 5.95 Å². The average molecular weight is 235 g/mol. The first kappa shape index (κ1) is 12.5. The van der Waals surface area contributed by atoms with Gasteiger partial charge in [0.05, 0.1) is 5.69 Å². The van der Waals surface area contributed by atoms with Gasteiger partial charge in [-0.1, -0.05) is 26.2 Å². The third-order valence-corrected chi connectivity index (χ3v) is 3.42. The predicted octanol–water partition coefficient (Wildman–Crippen LogP) is 3.59. The summed E-state index contributed by atoms with van der Waals surface area (Å²) in [7, 11) is 0. The van der Waals surface area contributed by atoms with Crippen molar-refractivity contribution in [3.63, 3.8) is 0 Å². The Morgan fingerprint density at radius 1 is 1.41 bits per heavy atom. The second kappa shape index (κ2) is 6.08. The number of aromatic nitrogens is 2. The molecule has 1 saturated carbocycles. The van der Waals surface area contributed by atoms with Gasteiger partial charge in [-0.05, 0) is 32.1 Å². The standard InChI is InChI=1S/C14H25N3/c1-3-4-10-17-11-12(2)16-14(17)15-9-5-6-13-7-8-13/h11,13H,3-10H2,1-2H3,(H,15,16). The van der Waals surface area contributed by atoms with Gasteiger partial charge >= 0.3 is 0 Å². The molecule has 0 aromatic carbocycles. The van der Waals surface area contributed by atoms with Crippen LogP contribution in [0, 0.1) is 12.8 Å². The Balaban J connectivity index is 1.76. The molecule has 3 nitrogen and oxygen atoms in total. The van der Waals surface area contributed by atoms with Gasteiger partial charge in [-0.2, -0.15) is 0 Å². The molecule has 0 saturated heterocycles. The summed E-state index contributed by atoms with van der Waals surface area (Å²) in [6.45, 7) is 6.45. The molecule has 1 aromatic heterocycles. The van der Waals surface area contributed by atoms with Crippen molar-refractivity contribution in [3.05, 3.63) is 11.9 Å². The Morgan fingerprint density at radius 2 is 2.24 bits per heavy atom. The van der Waals surface area contributed by atoms with Crippen LogP contribution in [-0.4, -0.2) is 16.1 Å². The Hall–Kier alpha value is -0.990. The topological polar surface area (TPSA) is 29.9 Å². The van der Waals surface area contributed by atoms with E-state index < -0.39 is 0 Å². The number of rotatable bonds is 8. The summed E-state index contributed by atoms with van der Waals surface area (Å²) in [5.41, 5.74) is 1.12. The SMILES string of the molecule is CCCCn1cc(C)nc1NCCCC1CC1. The summed E-state index contributed by atoms with van der Waals surface area (Å²) in [5.74, 6) is 2.10. The number of unbranched alkanes of at least 4 members (excludes halogenated alkanes) is 1. The first-order chi connectivity index (χ1) is 8.29. The van der Waals surface area contributed by atoms with E-state index in [1.54, 1.807) is 0 Å². The molecule has 3 heteroatoms. The van der Waals surface area contributed by atoms with Gasteiger partial charge in [-0.3, -0.25) is 0 Å². The van der Waals surface area contributed by atoms with Gasteiger partial charge in [0.2, 0.25) is 5.95 Å². The molecule has 96 valence electrons. The number of nitrogens with zero attached hydrogens (tertiary/aromatic N) is 2. The van der Waals surface area contributed by atoms with Crippen LogP contribution in [0.4, 0.5) is 5.95 Å². The van der Waals surface area contributed by atoms with Crippen molar-refractivity contribution in [2.45, 2.75) is 58.9 Å². The molecule has 1 fully saturated rings. The molecular formula is C14H25N3. The molecule has 0 unspecified atom stereocenters. The van der Waals surface area contributed by atoms with Gasteiger partial charge in [0, 0.05) is 19.3 Å². The first-order valence-corrected chi connectivity index (χ1v) is 7.07. The number of nitrogens with one attached hydrogen (secondary N) is 1. The lowest BCUT2D eigenvalue weighted by Gasteiger charge is -2.08. The monoisotopic (exact) mass is 235 g/mol. The van der Waals surface area contributed by atoms with Gasteiger partial charge in [-0.25, -0.2) is 4.98 Å². The van der Waals surface area contributed by atoms with Crippen LogP contribution in [-0.2, 0) is 6.54 Å². The maximum atomic E-state index is 4.55. The quantitative estimate of drug-likeness (QED) is 0.698. The molecule has 17 heavy (non-hydrogen) atoms.